The van der Waals surface area contributed by atoms with Crippen LogP contribution in [0.2, 0.25) is 0 Å². The average Bonchev–Trinajstić information content (AvgIpc) is 3.22. The fourth-order valence-corrected chi connectivity index (χ4v) is 9.17. The minimum Gasteiger partial charge on any atom is -0.481 e. The number of aromatic nitrogens is 2. The molecule has 4 bridgehead atoms. The van der Waals surface area contributed by atoms with E-state index in [1.165, 1.54) is 57.8 Å². The van der Waals surface area contributed by atoms with Gasteiger partial charge in [0.05, 0.1) is 17.0 Å². The highest BCUT2D eigenvalue weighted by atomic mass is 16.4. The van der Waals surface area contributed by atoms with E-state index in [1.54, 1.807) is 0 Å². The fourth-order valence-electron chi connectivity index (χ4n) is 9.17. The molecule has 38 heavy (non-hydrogen) atoms. The van der Waals surface area contributed by atoms with Crippen LogP contribution in [0.1, 0.15) is 83.6 Å². The molecule has 5 fully saturated rings. The molecule has 2 aromatic rings. The molecule has 1 aromatic heterocycles. The van der Waals surface area contributed by atoms with Crippen LogP contribution in [0.5, 0.6) is 0 Å². The van der Waals surface area contributed by atoms with Gasteiger partial charge in [-0.1, -0.05) is 38.3 Å². The van der Waals surface area contributed by atoms with Crippen LogP contribution in [0, 0.1) is 23.7 Å². The summed E-state index contributed by atoms with van der Waals surface area (Å²) in [7, 11) is 0. The molecule has 3 saturated heterocycles. The standard InChI is InChI=1S/C31H42N4O3/c1-19-12-20-13-21(19)6-4-7-23(14-20)34-24-8-5-9-25(34)16-26(15-24)35-28-11-3-2-10-27(28)32-29(30(35)36)33-17-22(18-33)31(37)38/h2-3,10-11,19-26H,4-9,12-18H2,1H3,(H,37,38)/t19?,20-,21-,23+,24-,25+,26?/m1/s1. The Kier molecular flexibility index (Phi) is 6.25. The Morgan fingerprint density at radius 2 is 1.58 bits per heavy atom. The SMILES string of the molecule is CC1C[C@@H]2C[C@H]1CCC[C@H](N1[C@@H]3CCC[C@H]1CC(n1c(=O)c(N4CC(C(=O)O)C4)nc4ccccc41)C3)C2. The Bertz CT molecular complexity index is 1260. The molecule has 0 spiro atoms. The first-order chi connectivity index (χ1) is 18.5. The Morgan fingerprint density at radius 1 is 0.895 bits per heavy atom. The zero-order valence-corrected chi connectivity index (χ0v) is 22.7. The van der Waals surface area contributed by atoms with Crippen molar-refractivity contribution in [2.75, 3.05) is 18.0 Å². The van der Waals surface area contributed by atoms with Crippen molar-refractivity contribution in [1.82, 2.24) is 14.5 Å². The Hall–Kier alpha value is -2.41. The summed E-state index contributed by atoms with van der Waals surface area (Å²) < 4.78 is 2.05. The summed E-state index contributed by atoms with van der Waals surface area (Å²) in [6, 6.07) is 9.99. The second kappa shape index (κ2) is 9.65. The monoisotopic (exact) mass is 518 g/mol. The van der Waals surface area contributed by atoms with Gasteiger partial charge in [-0.15, -0.1) is 0 Å². The van der Waals surface area contributed by atoms with Gasteiger partial charge in [0.25, 0.3) is 5.56 Å². The molecule has 2 unspecified atom stereocenters. The number of anilines is 1. The van der Waals surface area contributed by atoms with Crippen LogP contribution in [-0.2, 0) is 4.79 Å². The maximum absolute atomic E-state index is 14.0. The number of carbonyl (C=O) groups is 1. The van der Waals surface area contributed by atoms with E-state index in [0.29, 0.717) is 37.0 Å². The number of hydrogen-bond acceptors (Lipinski definition) is 5. The molecule has 1 N–H and O–H groups in total. The normalized spacial score (nSPS) is 36.0. The predicted octanol–water partition coefficient (Wildman–Crippen LogP) is 5.08. The molecule has 4 heterocycles. The summed E-state index contributed by atoms with van der Waals surface area (Å²) in [5, 5.41) is 9.37. The summed E-state index contributed by atoms with van der Waals surface area (Å²) >= 11 is 0. The van der Waals surface area contributed by atoms with E-state index in [2.05, 4.69) is 16.4 Å². The molecule has 1 aromatic carbocycles. The van der Waals surface area contributed by atoms with E-state index in [1.807, 2.05) is 29.2 Å². The molecular formula is C31H42N4O3. The molecule has 0 amide bonds. The number of carboxylic acids is 1. The van der Waals surface area contributed by atoms with E-state index in [-0.39, 0.29) is 11.6 Å². The summed E-state index contributed by atoms with van der Waals surface area (Å²) in [6.45, 7) is 3.21. The molecule has 2 aliphatic carbocycles. The zero-order valence-electron chi connectivity index (χ0n) is 22.7. The number of rotatable bonds is 4. The molecule has 7 heteroatoms. The van der Waals surface area contributed by atoms with Gasteiger partial charge < -0.3 is 14.6 Å². The third-order valence-electron chi connectivity index (χ3n) is 11.0. The highest BCUT2D eigenvalue weighted by Gasteiger charge is 2.45. The van der Waals surface area contributed by atoms with Crippen molar-refractivity contribution in [2.45, 2.75) is 102 Å². The van der Waals surface area contributed by atoms with Crippen molar-refractivity contribution in [3.05, 3.63) is 34.6 Å². The second-order valence-electron chi connectivity index (χ2n) is 13.2. The molecular weight excluding hydrogens is 476 g/mol. The first-order valence-electron chi connectivity index (χ1n) is 15.2. The van der Waals surface area contributed by atoms with Gasteiger partial charge in [0.1, 0.15) is 0 Å². The zero-order chi connectivity index (χ0) is 26.0. The Morgan fingerprint density at radius 3 is 2.32 bits per heavy atom. The minimum atomic E-state index is -0.792. The van der Waals surface area contributed by atoms with Gasteiger partial charge in [0, 0.05) is 37.3 Å². The highest BCUT2D eigenvalue weighted by molar-refractivity contribution is 5.78. The quantitative estimate of drug-likeness (QED) is 0.608. The van der Waals surface area contributed by atoms with Crippen LogP contribution in [0.3, 0.4) is 0 Å². The van der Waals surface area contributed by atoms with Crippen molar-refractivity contribution in [2.24, 2.45) is 23.7 Å². The average molecular weight is 519 g/mol. The minimum absolute atomic E-state index is 0.0407. The number of piperidine rings is 2. The lowest BCUT2D eigenvalue weighted by Gasteiger charge is -2.53. The Balaban J connectivity index is 1.18. The van der Waals surface area contributed by atoms with Gasteiger partial charge in [-0.05, 0) is 81.3 Å². The van der Waals surface area contributed by atoms with Gasteiger partial charge in [-0.25, -0.2) is 4.98 Å². The second-order valence-corrected chi connectivity index (χ2v) is 13.2. The smallest absolute Gasteiger partial charge is 0.310 e. The third-order valence-corrected chi connectivity index (χ3v) is 11.0. The Labute approximate surface area is 225 Å². The van der Waals surface area contributed by atoms with Gasteiger partial charge in [-0.3, -0.25) is 14.5 Å². The number of hydrogen-bond donors (Lipinski definition) is 1. The summed E-state index contributed by atoms with van der Waals surface area (Å²) in [5.41, 5.74) is 1.71. The van der Waals surface area contributed by atoms with Gasteiger partial charge in [0.15, 0.2) is 5.82 Å². The van der Waals surface area contributed by atoms with E-state index in [4.69, 9.17) is 4.98 Å². The van der Waals surface area contributed by atoms with Crippen LogP contribution in [0.25, 0.3) is 11.0 Å². The fraction of sp³-hybridized carbons (Fsp3) is 0.710. The maximum Gasteiger partial charge on any atom is 0.310 e. The van der Waals surface area contributed by atoms with Gasteiger partial charge >= 0.3 is 5.97 Å². The molecule has 204 valence electrons. The maximum atomic E-state index is 14.0. The lowest BCUT2D eigenvalue weighted by molar-refractivity contribution is -0.142. The predicted molar refractivity (Wildman–Crippen MR) is 149 cm³/mol. The van der Waals surface area contributed by atoms with Crippen LogP contribution in [-0.4, -0.2) is 56.7 Å². The van der Waals surface area contributed by atoms with Crippen LogP contribution in [0.4, 0.5) is 5.82 Å². The summed E-state index contributed by atoms with van der Waals surface area (Å²) in [4.78, 5) is 35.0. The number of benzene rings is 1. The molecule has 7 rings (SSSR count). The number of aliphatic carboxylic acids is 1. The number of para-hydroxylation sites is 2. The molecule has 0 radical (unpaired) electrons. The van der Waals surface area contributed by atoms with Crippen LogP contribution in [0.15, 0.2) is 29.1 Å². The molecule has 7 nitrogen and oxygen atoms in total. The molecule has 5 aliphatic rings. The number of carboxylic acid groups (broad SMARTS) is 1. The van der Waals surface area contributed by atoms with Crippen molar-refractivity contribution in [3.63, 3.8) is 0 Å². The van der Waals surface area contributed by atoms with Crippen molar-refractivity contribution in [3.8, 4) is 0 Å². The van der Waals surface area contributed by atoms with Gasteiger partial charge in [-0.2, -0.15) is 0 Å². The van der Waals surface area contributed by atoms with E-state index in [0.717, 1.165) is 41.6 Å². The number of nitrogens with zero attached hydrogens (tertiary/aromatic N) is 4. The van der Waals surface area contributed by atoms with E-state index >= 15 is 0 Å². The highest BCUT2D eigenvalue weighted by Crippen LogP contribution is 2.47. The molecule has 3 aliphatic heterocycles. The van der Waals surface area contributed by atoms with Crippen molar-refractivity contribution < 1.29 is 9.90 Å². The van der Waals surface area contributed by atoms with Gasteiger partial charge in [0.2, 0.25) is 0 Å². The first-order valence-corrected chi connectivity index (χ1v) is 15.2. The van der Waals surface area contributed by atoms with E-state index < -0.39 is 11.9 Å². The molecule has 2 saturated carbocycles. The van der Waals surface area contributed by atoms with Crippen molar-refractivity contribution in [1.29, 1.82) is 0 Å². The third kappa shape index (κ3) is 4.16. The molecule has 7 atom stereocenters. The number of fused-ring (bicyclic) bond motifs is 5. The first kappa shape index (κ1) is 24.6. The largest absolute Gasteiger partial charge is 0.481 e. The van der Waals surface area contributed by atoms with Crippen LogP contribution < -0.4 is 10.5 Å². The lowest BCUT2D eigenvalue weighted by atomic mass is 9.78. The lowest BCUT2D eigenvalue weighted by Crippen LogP contribution is -2.58. The summed E-state index contributed by atoms with van der Waals surface area (Å²) in [6.07, 6.45) is 14.2. The van der Waals surface area contributed by atoms with Crippen LogP contribution >= 0.6 is 0 Å². The van der Waals surface area contributed by atoms with E-state index in [9.17, 15) is 14.7 Å². The summed E-state index contributed by atoms with van der Waals surface area (Å²) in [5.74, 6) is 1.99. The topological polar surface area (TPSA) is 78.7 Å². The van der Waals surface area contributed by atoms with Crippen molar-refractivity contribution >= 4 is 22.8 Å².